The second-order valence-electron chi connectivity index (χ2n) is 4.98. The molecule has 0 spiro atoms. The summed E-state index contributed by atoms with van der Waals surface area (Å²) in [6.45, 7) is 10.8. The molecular formula is C13H19ClO. The number of rotatable bonds is 0. The summed E-state index contributed by atoms with van der Waals surface area (Å²) in [7, 11) is 0. The van der Waals surface area contributed by atoms with E-state index in [1.54, 1.807) is 0 Å². The van der Waals surface area contributed by atoms with Crippen molar-refractivity contribution in [2.75, 3.05) is 0 Å². The maximum absolute atomic E-state index is 5.99. The molecule has 0 bridgehead atoms. The van der Waals surface area contributed by atoms with Gasteiger partial charge in [0.05, 0.1) is 0 Å². The summed E-state index contributed by atoms with van der Waals surface area (Å²) >= 11 is 0. The van der Waals surface area contributed by atoms with Crippen LogP contribution in [-0.2, 0) is 6.42 Å². The molecule has 15 heavy (non-hydrogen) atoms. The average molecular weight is 227 g/mol. The van der Waals surface area contributed by atoms with E-state index in [-0.39, 0.29) is 18.0 Å². The van der Waals surface area contributed by atoms with E-state index in [4.69, 9.17) is 4.74 Å². The average Bonchev–Trinajstić information content (AvgIpc) is 2.38. The normalized spacial score (nSPS) is 16.6. The van der Waals surface area contributed by atoms with Gasteiger partial charge in [0.15, 0.2) is 0 Å². The Morgan fingerprint density at radius 1 is 1.13 bits per heavy atom. The van der Waals surface area contributed by atoms with Gasteiger partial charge in [-0.2, -0.15) is 0 Å². The third-order valence-corrected chi connectivity index (χ3v) is 3.10. The first-order valence-corrected chi connectivity index (χ1v) is 5.19. The van der Waals surface area contributed by atoms with Gasteiger partial charge in [0.2, 0.25) is 0 Å². The van der Waals surface area contributed by atoms with Crippen LogP contribution in [0.1, 0.15) is 36.1 Å². The molecule has 0 atom stereocenters. The van der Waals surface area contributed by atoms with E-state index in [2.05, 4.69) is 40.7 Å². The van der Waals surface area contributed by atoms with Crippen LogP contribution in [0.15, 0.2) is 6.07 Å². The SMILES string of the molecule is Cc1cc(C)c2c(c1C)OC(C)(C)C2.Cl. The van der Waals surface area contributed by atoms with Gasteiger partial charge < -0.3 is 4.74 Å². The zero-order valence-electron chi connectivity index (χ0n) is 10.1. The largest absolute Gasteiger partial charge is 0.487 e. The Morgan fingerprint density at radius 3 is 2.33 bits per heavy atom. The van der Waals surface area contributed by atoms with Crippen LogP contribution in [0.3, 0.4) is 0 Å². The number of halogens is 1. The Hall–Kier alpha value is -0.690. The molecule has 84 valence electrons. The Morgan fingerprint density at radius 2 is 1.73 bits per heavy atom. The lowest BCUT2D eigenvalue weighted by molar-refractivity contribution is 0.137. The van der Waals surface area contributed by atoms with Crippen molar-refractivity contribution in [2.24, 2.45) is 0 Å². The maximum atomic E-state index is 5.99. The second-order valence-corrected chi connectivity index (χ2v) is 4.98. The van der Waals surface area contributed by atoms with Gasteiger partial charge in [0.25, 0.3) is 0 Å². The fourth-order valence-electron chi connectivity index (χ4n) is 2.20. The van der Waals surface area contributed by atoms with Crippen molar-refractivity contribution in [3.8, 4) is 5.75 Å². The van der Waals surface area contributed by atoms with Gasteiger partial charge in [-0.05, 0) is 51.3 Å². The molecule has 1 aliphatic heterocycles. The third kappa shape index (κ3) is 1.98. The van der Waals surface area contributed by atoms with E-state index in [1.807, 2.05) is 0 Å². The molecule has 2 heteroatoms. The van der Waals surface area contributed by atoms with Crippen LogP contribution < -0.4 is 4.74 Å². The van der Waals surface area contributed by atoms with Crippen LogP contribution >= 0.6 is 12.4 Å². The number of hydrogen-bond acceptors (Lipinski definition) is 1. The van der Waals surface area contributed by atoms with Crippen molar-refractivity contribution < 1.29 is 4.74 Å². The topological polar surface area (TPSA) is 9.23 Å². The summed E-state index contributed by atoms with van der Waals surface area (Å²) in [5.74, 6) is 1.13. The van der Waals surface area contributed by atoms with Crippen molar-refractivity contribution in [3.05, 3.63) is 28.3 Å². The Bertz CT molecular complexity index is 394. The first-order chi connectivity index (χ1) is 6.41. The zero-order chi connectivity index (χ0) is 10.5. The highest BCUT2D eigenvalue weighted by Gasteiger charge is 2.32. The van der Waals surface area contributed by atoms with Gasteiger partial charge in [-0.15, -0.1) is 12.4 Å². The van der Waals surface area contributed by atoms with E-state index in [0.717, 1.165) is 12.2 Å². The first-order valence-electron chi connectivity index (χ1n) is 5.19. The van der Waals surface area contributed by atoms with Crippen LogP contribution in [0.4, 0.5) is 0 Å². The van der Waals surface area contributed by atoms with Crippen LogP contribution in [0.25, 0.3) is 0 Å². The van der Waals surface area contributed by atoms with E-state index < -0.39 is 0 Å². The predicted molar refractivity (Wildman–Crippen MR) is 66.3 cm³/mol. The standard InChI is InChI=1S/C13H18O.ClH/c1-8-6-9(2)11-7-13(4,5)14-12(11)10(8)3;/h6H,7H2,1-5H3;1H. The lowest BCUT2D eigenvalue weighted by Gasteiger charge is -2.17. The molecule has 0 aromatic heterocycles. The van der Waals surface area contributed by atoms with Crippen LogP contribution in [0.5, 0.6) is 5.75 Å². The molecule has 0 N–H and O–H groups in total. The number of fused-ring (bicyclic) bond motifs is 1. The van der Waals surface area contributed by atoms with E-state index in [0.29, 0.717) is 0 Å². The fraction of sp³-hybridized carbons (Fsp3) is 0.538. The predicted octanol–water partition coefficient (Wildman–Crippen LogP) is 3.75. The van der Waals surface area contributed by atoms with E-state index >= 15 is 0 Å². The summed E-state index contributed by atoms with van der Waals surface area (Å²) in [6.07, 6.45) is 1.04. The third-order valence-electron chi connectivity index (χ3n) is 3.10. The molecule has 1 aliphatic rings. The summed E-state index contributed by atoms with van der Waals surface area (Å²) < 4.78 is 5.99. The molecule has 0 fully saturated rings. The van der Waals surface area contributed by atoms with Crippen LogP contribution in [-0.4, -0.2) is 5.60 Å². The second kappa shape index (κ2) is 3.71. The van der Waals surface area contributed by atoms with Crippen LogP contribution in [0, 0.1) is 20.8 Å². The van der Waals surface area contributed by atoms with Crippen LogP contribution in [0.2, 0.25) is 0 Å². The molecule has 0 saturated carbocycles. The summed E-state index contributed by atoms with van der Waals surface area (Å²) in [5, 5.41) is 0. The van der Waals surface area contributed by atoms with Crippen molar-refractivity contribution in [3.63, 3.8) is 0 Å². The molecule has 2 rings (SSSR count). The summed E-state index contributed by atoms with van der Waals surface area (Å²) in [4.78, 5) is 0. The highest BCUT2D eigenvalue weighted by Crippen LogP contribution is 2.40. The number of ether oxygens (including phenoxy) is 1. The molecule has 1 aromatic carbocycles. The summed E-state index contributed by atoms with van der Waals surface area (Å²) in [5.41, 5.74) is 5.38. The van der Waals surface area contributed by atoms with Gasteiger partial charge in [0, 0.05) is 12.0 Å². The van der Waals surface area contributed by atoms with E-state index in [1.165, 1.54) is 22.3 Å². The molecule has 0 amide bonds. The van der Waals surface area contributed by atoms with Gasteiger partial charge in [-0.1, -0.05) is 6.07 Å². The van der Waals surface area contributed by atoms with Gasteiger partial charge in [-0.25, -0.2) is 0 Å². The highest BCUT2D eigenvalue weighted by atomic mass is 35.5. The lowest BCUT2D eigenvalue weighted by atomic mass is 9.94. The molecule has 0 unspecified atom stereocenters. The lowest BCUT2D eigenvalue weighted by Crippen LogP contribution is -2.24. The molecule has 0 saturated heterocycles. The smallest absolute Gasteiger partial charge is 0.126 e. The van der Waals surface area contributed by atoms with Gasteiger partial charge in [-0.3, -0.25) is 0 Å². The number of hydrogen-bond donors (Lipinski definition) is 0. The monoisotopic (exact) mass is 226 g/mol. The molecular weight excluding hydrogens is 208 g/mol. The van der Waals surface area contributed by atoms with Crippen molar-refractivity contribution >= 4 is 12.4 Å². The number of aryl methyl sites for hydroxylation is 2. The Labute approximate surface area is 98.2 Å². The first kappa shape index (κ1) is 12.4. The van der Waals surface area contributed by atoms with Crippen molar-refractivity contribution in [2.45, 2.75) is 46.6 Å². The van der Waals surface area contributed by atoms with Gasteiger partial charge in [0.1, 0.15) is 11.4 Å². The molecule has 1 heterocycles. The quantitative estimate of drug-likeness (QED) is 0.655. The van der Waals surface area contributed by atoms with Crippen molar-refractivity contribution in [1.82, 2.24) is 0 Å². The minimum Gasteiger partial charge on any atom is -0.487 e. The van der Waals surface area contributed by atoms with Gasteiger partial charge >= 0.3 is 0 Å². The number of benzene rings is 1. The fourth-order valence-corrected chi connectivity index (χ4v) is 2.20. The zero-order valence-corrected chi connectivity index (χ0v) is 10.9. The Kier molecular flexibility index (Phi) is 3.06. The van der Waals surface area contributed by atoms with Crippen molar-refractivity contribution in [1.29, 1.82) is 0 Å². The summed E-state index contributed by atoms with van der Waals surface area (Å²) in [6, 6.07) is 2.26. The molecule has 1 aromatic rings. The highest BCUT2D eigenvalue weighted by molar-refractivity contribution is 5.85. The minimum absolute atomic E-state index is 0. The molecule has 1 nitrogen and oxygen atoms in total. The maximum Gasteiger partial charge on any atom is 0.126 e. The minimum atomic E-state index is -0.0222. The van der Waals surface area contributed by atoms with E-state index in [9.17, 15) is 0 Å². The molecule has 0 aliphatic carbocycles. The molecule has 0 radical (unpaired) electrons. The Balaban J connectivity index is 0.00000112.